The maximum absolute atomic E-state index is 13.1. The minimum atomic E-state index is -0.198. The van der Waals surface area contributed by atoms with Crippen LogP contribution in [0.15, 0.2) is 60.8 Å². The molecule has 0 amide bonds. The summed E-state index contributed by atoms with van der Waals surface area (Å²) in [7, 11) is 0. The summed E-state index contributed by atoms with van der Waals surface area (Å²) >= 11 is 0. The minimum Gasteiger partial charge on any atom is -0.207 e. The van der Waals surface area contributed by atoms with Crippen molar-refractivity contribution in [2.45, 2.75) is 13.5 Å². The van der Waals surface area contributed by atoms with Crippen LogP contribution in [-0.4, -0.2) is 0 Å². The van der Waals surface area contributed by atoms with E-state index >= 15 is 0 Å². The van der Waals surface area contributed by atoms with Crippen molar-refractivity contribution >= 4 is 0 Å². The lowest BCUT2D eigenvalue weighted by Crippen LogP contribution is -2.32. The Morgan fingerprint density at radius 3 is 2.48 bits per heavy atom. The third-order valence-electron chi connectivity index (χ3n) is 4.08. The first-order valence-corrected chi connectivity index (χ1v) is 7.10. The van der Waals surface area contributed by atoms with E-state index in [9.17, 15) is 4.39 Å². The Hall–Kier alpha value is -2.48. The second kappa shape index (κ2) is 4.52. The van der Waals surface area contributed by atoms with Gasteiger partial charge in [0.15, 0.2) is 12.7 Å². The normalized spacial score (nSPS) is 12.1. The van der Waals surface area contributed by atoms with E-state index in [1.54, 1.807) is 0 Å². The van der Waals surface area contributed by atoms with E-state index in [0.29, 0.717) is 0 Å². The molecule has 0 unspecified atom stereocenters. The Morgan fingerprint density at radius 1 is 0.905 bits per heavy atom. The van der Waals surface area contributed by atoms with Crippen molar-refractivity contribution in [1.29, 1.82) is 0 Å². The fourth-order valence-corrected chi connectivity index (χ4v) is 3.00. The Morgan fingerprint density at radius 2 is 1.67 bits per heavy atom. The first-order chi connectivity index (χ1) is 10.2. The maximum atomic E-state index is 13.1. The number of hydrogen-bond donors (Lipinski definition) is 0. The second-order valence-electron chi connectivity index (χ2n) is 5.60. The molecule has 1 aliphatic heterocycles. The summed E-state index contributed by atoms with van der Waals surface area (Å²) in [5.41, 5.74) is 7.31. The number of halogens is 1. The van der Waals surface area contributed by atoms with Crippen molar-refractivity contribution in [2.75, 3.05) is 0 Å². The molecule has 0 bridgehead atoms. The highest BCUT2D eigenvalue weighted by Gasteiger charge is 2.25. The monoisotopic (exact) mass is 276 g/mol. The van der Waals surface area contributed by atoms with Gasteiger partial charge < -0.3 is 0 Å². The van der Waals surface area contributed by atoms with Gasteiger partial charge in [0, 0.05) is 17.2 Å². The van der Waals surface area contributed by atoms with E-state index in [2.05, 4.69) is 48.0 Å². The smallest absolute Gasteiger partial charge is 0.207 e. The van der Waals surface area contributed by atoms with Crippen LogP contribution < -0.4 is 4.57 Å². The number of rotatable bonds is 1. The summed E-state index contributed by atoms with van der Waals surface area (Å²) in [6.07, 6.45) is 2.19. The largest absolute Gasteiger partial charge is 0.213 e. The first-order valence-electron chi connectivity index (χ1n) is 7.10. The van der Waals surface area contributed by atoms with Crippen LogP contribution in [0, 0.1) is 12.7 Å². The molecule has 1 aromatic heterocycles. The molecule has 2 heterocycles. The molecule has 2 aromatic carbocycles. The summed E-state index contributed by atoms with van der Waals surface area (Å²) in [5, 5.41) is 0. The van der Waals surface area contributed by atoms with E-state index in [0.717, 1.165) is 17.7 Å². The van der Waals surface area contributed by atoms with Crippen LogP contribution in [0.3, 0.4) is 0 Å². The van der Waals surface area contributed by atoms with E-state index in [-0.39, 0.29) is 5.82 Å². The van der Waals surface area contributed by atoms with E-state index in [1.807, 2.05) is 12.1 Å². The lowest BCUT2D eigenvalue weighted by molar-refractivity contribution is -0.672. The van der Waals surface area contributed by atoms with Crippen molar-refractivity contribution in [3.05, 3.63) is 77.7 Å². The molecule has 0 radical (unpaired) electrons. The zero-order valence-corrected chi connectivity index (χ0v) is 11.8. The molecular weight excluding hydrogens is 261 g/mol. The van der Waals surface area contributed by atoms with Crippen LogP contribution in [-0.2, 0) is 6.54 Å². The number of hydrogen-bond acceptors (Lipinski definition) is 0. The standard InChI is InChI=1S/C19H15FN/c1-13-2-9-19-18-10-15(14-5-7-17(20)8-6-14)3-4-16(18)12-21(19)11-13/h2-11H,12H2,1H3/q+1. The van der Waals surface area contributed by atoms with Gasteiger partial charge in [-0.3, -0.25) is 0 Å². The van der Waals surface area contributed by atoms with E-state index in [1.165, 1.54) is 34.5 Å². The average molecular weight is 276 g/mol. The molecule has 0 N–H and O–H groups in total. The predicted molar refractivity (Wildman–Crippen MR) is 81.3 cm³/mol. The maximum Gasteiger partial charge on any atom is 0.213 e. The lowest BCUT2D eigenvalue weighted by Gasteiger charge is -2.03. The Balaban J connectivity index is 1.84. The average Bonchev–Trinajstić information content (AvgIpc) is 2.84. The molecule has 1 aliphatic rings. The van der Waals surface area contributed by atoms with Gasteiger partial charge in [0.05, 0.1) is 5.56 Å². The number of aromatic nitrogens is 1. The van der Waals surface area contributed by atoms with Gasteiger partial charge in [-0.15, -0.1) is 0 Å². The number of benzene rings is 2. The van der Waals surface area contributed by atoms with Gasteiger partial charge in [-0.25, -0.2) is 4.39 Å². The molecule has 4 rings (SSSR count). The molecule has 0 fully saturated rings. The highest BCUT2D eigenvalue weighted by molar-refractivity contribution is 5.73. The first kappa shape index (κ1) is 12.3. The number of nitrogens with zero attached hydrogens (tertiary/aromatic N) is 1. The third kappa shape index (κ3) is 2.04. The SMILES string of the molecule is Cc1ccc2[n+](c1)Cc1ccc(-c3ccc(F)cc3)cc1-2. The number of pyridine rings is 1. The summed E-state index contributed by atoms with van der Waals surface area (Å²) in [6, 6.07) is 17.5. The van der Waals surface area contributed by atoms with Crippen LogP contribution in [0.4, 0.5) is 4.39 Å². The summed E-state index contributed by atoms with van der Waals surface area (Å²) in [6.45, 7) is 3.04. The van der Waals surface area contributed by atoms with Crippen molar-refractivity contribution < 1.29 is 8.96 Å². The molecule has 102 valence electrons. The lowest BCUT2D eigenvalue weighted by atomic mass is 9.99. The Kier molecular flexibility index (Phi) is 2.64. The summed E-state index contributed by atoms with van der Waals surface area (Å²) in [5.74, 6) is -0.198. The topological polar surface area (TPSA) is 3.88 Å². The molecule has 0 aliphatic carbocycles. The molecule has 3 aromatic rings. The summed E-state index contributed by atoms with van der Waals surface area (Å²) in [4.78, 5) is 0. The van der Waals surface area contributed by atoms with E-state index < -0.39 is 0 Å². The number of fused-ring (bicyclic) bond motifs is 3. The van der Waals surface area contributed by atoms with Gasteiger partial charge in [0.25, 0.3) is 0 Å². The Labute approximate surface area is 123 Å². The molecule has 0 saturated heterocycles. The third-order valence-corrected chi connectivity index (χ3v) is 4.08. The zero-order chi connectivity index (χ0) is 14.4. The van der Waals surface area contributed by atoms with Gasteiger partial charge >= 0.3 is 0 Å². The van der Waals surface area contributed by atoms with Crippen LogP contribution in [0.25, 0.3) is 22.4 Å². The Bertz CT molecular complexity index is 835. The molecule has 0 saturated carbocycles. The van der Waals surface area contributed by atoms with Crippen molar-refractivity contribution in [1.82, 2.24) is 0 Å². The highest BCUT2D eigenvalue weighted by Crippen LogP contribution is 2.31. The molecule has 2 heteroatoms. The molecule has 21 heavy (non-hydrogen) atoms. The predicted octanol–water partition coefficient (Wildman–Crippen LogP) is 4.12. The van der Waals surface area contributed by atoms with Crippen molar-refractivity contribution in [3.63, 3.8) is 0 Å². The van der Waals surface area contributed by atoms with Gasteiger partial charge in [-0.1, -0.05) is 24.3 Å². The zero-order valence-electron chi connectivity index (χ0n) is 11.8. The molecule has 0 spiro atoms. The highest BCUT2D eigenvalue weighted by atomic mass is 19.1. The van der Waals surface area contributed by atoms with Gasteiger partial charge in [0.1, 0.15) is 5.82 Å². The molecule has 0 atom stereocenters. The van der Waals surface area contributed by atoms with Crippen LogP contribution in [0.2, 0.25) is 0 Å². The number of aryl methyl sites for hydroxylation is 1. The van der Waals surface area contributed by atoms with Gasteiger partial charge in [0.2, 0.25) is 5.69 Å². The van der Waals surface area contributed by atoms with Gasteiger partial charge in [-0.05, 0) is 42.3 Å². The second-order valence-corrected chi connectivity index (χ2v) is 5.60. The van der Waals surface area contributed by atoms with E-state index in [4.69, 9.17) is 0 Å². The fraction of sp³-hybridized carbons (Fsp3) is 0.105. The molecule has 1 nitrogen and oxygen atoms in total. The summed E-state index contributed by atoms with van der Waals surface area (Å²) < 4.78 is 15.3. The van der Waals surface area contributed by atoms with Crippen LogP contribution in [0.5, 0.6) is 0 Å². The minimum absolute atomic E-state index is 0.198. The van der Waals surface area contributed by atoms with Crippen LogP contribution in [0.1, 0.15) is 11.1 Å². The van der Waals surface area contributed by atoms with Crippen molar-refractivity contribution in [3.8, 4) is 22.4 Å². The van der Waals surface area contributed by atoms with Crippen LogP contribution >= 0.6 is 0 Å². The molecular formula is C19H15FN+. The fourth-order valence-electron chi connectivity index (χ4n) is 3.00. The van der Waals surface area contributed by atoms with Gasteiger partial charge in [-0.2, -0.15) is 4.57 Å². The quantitative estimate of drug-likeness (QED) is 0.460. The van der Waals surface area contributed by atoms with Crippen molar-refractivity contribution in [2.24, 2.45) is 0 Å².